The highest BCUT2D eigenvalue weighted by Gasteiger charge is 2.15. The molecule has 0 unspecified atom stereocenters. The van der Waals surface area contributed by atoms with Gasteiger partial charge in [-0.1, -0.05) is 30.3 Å². The van der Waals surface area contributed by atoms with Gasteiger partial charge in [-0.3, -0.25) is 9.79 Å². The number of imidazole rings is 1. The van der Waals surface area contributed by atoms with Crippen LogP contribution >= 0.6 is 0 Å². The lowest BCUT2D eigenvalue weighted by molar-refractivity contribution is 0.103. The van der Waals surface area contributed by atoms with Crippen molar-refractivity contribution < 1.29 is 9.53 Å². The number of nitrogens with one attached hydrogen (secondary N) is 1. The number of H-pyrrole nitrogens is 1. The van der Waals surface area contributed by atoms with E-state index in [1.54, 1.807) is 30.5 Å². The Balaban J connectivity index is 1.38. The molecule has 5 rings (SSSR count). The molecule has 0 aliphatic carbocycles. The van der Waals surface area contributed by atoms with Crippen LogP contribution in [0.5, 0.6) is 11.6 Å². The predicted octanol–water partition coefficient (Wildman–Crippen LogP) is 5.85. The van der Waals surface area contributed by atoms with E-state index in [1.807, 2.05) is 60.7 Å². The molecule has 0 aliphatic rings. The van der Waals surface area contributed by atoms with Gasteiger partial charge in [-0.2, -0.15) is 0 Å². The number of ether oxygens (including phenoxy) is 1. The number of pyridine rings is 1. The zero-order valence-electron chi connectivity index (χ0n) is 17.7. The van der Waals surface area contributed by atoms with Crippen molar-refractivity contribution in [1.29, 1.82) is 0 Å². The van der Waals surface area contributed by atoms with Crippen LogP contribution in [-0.2, 0) is 6.54 Å². The summed E-state index contributed by atoms with van der Waals surface area (Å²) in [6.07, 6.45) is 1.69. The van der Waals surface area contributed by atoms with Crippen molar-refractivity contribution in [2.75, 3.05) is 0 Å². The van der Waals surface area contributed by atoms with Crippen molar-refractivity contribution >= 4 is 23.5 Å². The molecule has 0 radical (unpaired) electrons. The normalized spacial score (nSPS) is 10.8. The third-order valence-corrected chi connectivity index (χ3v) is 5.24. The molecular formula is C27H20N4O2. The van der Waals surface area contributed by atoms with Crippen LogP contribution < -0.4 is 4.74 Å². The predicted molar refractivity (Wildman–Crippen MR) is 129 cm³/mol. The largest absolute Gasteiger partial charge is 0.438 e. The summed E-state index contributed by atoms with van der Waals surface area (Å²) in [5.74, 6) is 1.20. The van der Waals surface area contributed by atoms with Gasteiger partial charge in [0.05, 0.1) is 17.6 Å². The van der Waals surface area contributed by atoms with Gasteiger partial charge in [-0.05, 0) is 72.4 Å². The first kappa shape index (κ1) is 20.3. The van der Waals surface area contributed by atoms with E-state index in [2.05, 4.69) is 26.7 Å². The standard InChI is InChI=1S/C27H20N4O2/c1-28-17-18-6-4-7-20(16-18)22-8-5-15-29-27(22)33-21-13-11-19(12-14-21)25(32)26-30-23-9-2-3-10-24(23)31-26/h2-16H,1,17H2,(H,30,31). The molecule has 0 atom stereocenters. The number of aromatic nitrogens is 3. The minimum absolute atomic E-state index is 0.177. The zero-order chi connectivity index (χ0) is 22.6. The molecule has 1 N–H and O–H groups in total. The molecule has 2 heterocycles. The van der Waals surface area contributed by atoms with Gasteiger partial charge in [0.1, 0.15) is 5.75 Å². The summed E-state index contributed by atoms with van der Waals surface area (Å²) in [6, 6.07) is 26.4. The fourth-order valence-corrected chi connectivity index (χ4v) is 3.64. The number of rotatable bonds is 7. The van der Waals surface area contributed by atoms with Gasteiger partial charge < -0.3 is 9.72 Å². The van der Waals surface area contributed by atoms with Crippen LogP contribution in [0.15, 0.2) is 96.1 Å². The van der Waals surface area contributed by atoms with Crippen LogP contribution in [0.4, 0.5) is 0 Å². The number of fused-ring (bicyclic) bond motifs is 1. The highest BCUT2D eigenvalue weighted by Crippen LogP contribution is 2.32. The molecule has 0 fully saturated rings. The number of benzene rings is 3. The van der Waals surface area contributed by atoms with E-state index in [1.165, 1.54) is 0 Å². The van der Waals surface area contributed by atoms with Gasteiger partial charge in [0.2, 0.25) is 11.7 Å². The number of nitrogens with zero attached hydrogens (tertiary/aromatic N) is 3. The Labute approximate surface area is 190 Å². The zero-order valence-corrected chi connectivity index (χ0v) is 17.7. The van der Waals surface area contributed by atoms with Crippen molar-refractivity contribution in [3.8, 4) is 22.8 Å². The average molecular weight is 432 g/mol. The molecular weight excluding hydrogens is 412 g/mol. The van der Waals surface area contributed by atoms with Crippen LogP contribution in [-0.4, -0.2) is 27.5 Å². The number of ketones is 1. The summed E-state index contributed by atoms with van der Waals surface area (Å²) in [6.45, 7) is 4.11. The van der Waals surface area contributed by atoms with Crippen LogP contribution in [0.3, 0.4) is 0 Å². The third kappa shape index (κ3) is 4.27. The molecule has 2 aromatic heterocycles. The average Bonchev–Trinajstić information content (AvgIpc) is 3.29. The Kier molecular flexibility index (Phi) is 5.47. The van der Waals surface area contributed by atoms with Gasteiger partial charge in [0.15, 0.2) is 5.82 Å². The highest BCUT2D eigenvalue weighted by atomic mass is 16.5. The summed E-state index contributed by atoms with van der Waals surface area (Å²) in [5, 5.41) is 0. The number of hydrogen-bond donors (Lipinski definition) is 1. The van der Waals surface area contributed by atoms with Gasteiger partial charge in [-0.25, -0.2) is 9.97 Å². The van der Waals surface area contributed by atoms with E-state index in [4.69, 9.17) is 4.74 Å². The van der Waals surface area contributed by atoms with E-state index in [-0.39, 0.29) is 5.78 Å². The molecule has 0 bridgehead atoms. The lowest BCUT2D eigenvalue weighted by atomic mass is 10.0. The Morgan fingerprint density at radius 3 is 2.64 bits per heavy atom. The molecule has 6 nitrogen and oxygen atoms in total. The summed E-state index contributed by atoms with van der Waals surface area (Å²) in [4.78, 5) is 28.7. The quantitative estimate of drug-likeness (QED) is 0.258. The second-order valence-electron chi connectivity index (χ2n) is 7.50. The number of hydrogen-bond acceptors (Lipinski definition) is 5. The third-order valence-electron chi connectivity index (χ3n) is 5.24. The first-order valence-electron chi connectivity index (χ1n) is 10.5. The second-order valence-corrected chi connectivity index (χ2v) is 7.50. The monoisotopic (exact) mass is 432 g/mol. The van der Waals surface area contributed by atoms with Crippen LogP contribution in [0.2, 0.25) is 0 Å². The fraction of sp³-hybridized carbons (Fsp3) is 0.0370. The Morgan fingerprint density at radius 1 is 0.970 bits per heavy atom. The molecule has 3 aromatic carbocycles. The number of carbonyl (C=O) groups is 1. The summed E-state index contributed by atoms with van der Waals surface area (Å²) < 4.78 is 6.07. The van der Waals surface area contributed by atoms with E-state index in [0.717, 1.165) is 27.7 Å². The van der Waals surface area contributed by atoms with E-state index in [0.29, 0.717) is 29.6 Å². The Morgan fingerprint density at radius 2 is 1.82 bits per heavy atom. The van der Waals surface area contributed by atoms with Crippen molar-refractivity contribution in [2.24, 2.45) is 4.99 Å². The van der Waals surface area contributed by atoms with Crippen LogP contribution in [0.25, 0.3) is 22.2 Å². The topological polar surface area (TPSA) is 80.2 Å². The molecule has 0 amide bonds. The van der Waals surface area contributed by atoms with Crippen molar-refractivity contribution in [1.82, 2.24) is 15.0 Å². The number of aliphatic imine (C=N–C) groups is 1. The van der Waals surface area contributed by atoms with Gasteiger partial charge in [0, 0.05) is 17.3 Å². The molecule has 0 saturated carbocycles. The van der Waals surface area contributed by atoms with Crippen molar-refractivity contribution in [3.05, 3.63) is 108 Å². The molecule has 0 saturated heterocycles. The van der Waals surface area contributed by atoms with E-state index < -0.39 is 0 Å². The molecule has 5 aromatic rings. The number of aromatic amines is 1. The molecule has 6 heteroatoms. The maximum Gasteiger partial charge on any atom is 0.228 e. The Hall–Kier alpha value is -4.58. The first-order chi connectivity index (χ1) is 16.2. The molecule has 0 spiro atoms. The van der Waals surface area contributed by atoms with Gasteiger partial charge >= 0.3 is 0 Å². The second kappa shape index (κ2) is 8.88. The lowest BCUT2D eigenvalue weighted by Gasteiger charge is -2.11. The fourth-order valence-electron chi connectivity index (χ4n) is 3.64. The maximum absolute atomic E-state index is 12.9. The summed E-state index contributed by atoms with van der Waals surface area (Å²) >= 11 is 0. The van der Waals surface area contributed by atoms with Crippen molar-refractivity contribution in [2.45, 2.75) is 6.54 Å². The minimum atomic E-state index is -0.177. The lowest BCUT2D eigenvalue weighted by Crippen LogP contribution is -2.03. The van der Waals surface area contributed by atoms with Gasteiger partial charge in [-0.15, -0.1) is 0 Å². The summed E-state index contributed by atoms with van der Waals surface area (Å²) in [5.41, 5.74) is 5.02. The van der Waals surface area contributed by atoms with Gasteiger partial charge in [0.25, 0.3) is 0 Å². The van der Waals surface area contributed by atoms with E-state index >= 15 is 0 Å². The van der Waals surface area contributed by atoms with E-state index in [9.17, 15) is 4.79 Å². The molecule has 33 heavy (non-hydrogen) atoms. The minimum Gasteiger partial charge on any atom is -0.438 e. The first-order valence-corrected chi connectivity index (χ1v) is 10.5. The molecule has 160 valence electrons. The highest BCUT2D eigenvalue weighted by molar-refractivity contribution is 6.08. The summed E-state index contributed by atoms with van der Waals surface area (Å²) in [7, 11) is 0. The smallest absolute Gasteiger partial charge is 0.228 e. The van der Waals surface area contributed by atoms with Crippen molar-refractivity contribution in [3.63, 3.8) is 0 Å². The number of para-hydroxylation sites is 2. The molecule has 0 aliphatic heterocycles. The maximum atomic E-state index is 12.9. The number of carbonyl (C=O) groups excluding carboxylic acids is 1. The van der Waals surface area contributed by atoms with Crippen LogP contribution in [0.1, 0.15) is 21.7 Å². The Bertz CT molecular complexity index is 1420. The van der Waals surface area contributed by atoms with Crippen LogP contribution in [0, 0.1) is 0 Å². The SMILES string of the molecule is C=NCc1cccc(-c2cccnc2Oc2ccc(C(=O)c3nc4ccccc4[nH]3)cc2)c1.